The van der Waals surface area contributed by atoms with Crippen LogP contribution in [-0.2, 0) is 17.8 Å². The minimum Gasteiger partial charge on any atom is -0.497 e. The van der Waals surface area contributed by atoms with E-state index in [1.165, 1.54) is 6.20 Å². The molecule has 5 N–H and O–H groups in total. The summed E-state index contributed by atoms with van der Waals surface area (Å²) in [6, 6.07) is 21.8. The summed E-state index contributed by atoms with van der Waals surface area (Å²) in [6.07, 6.45) is 1.97. The van der Waals surface area contributed by atoms with E-state index in [4.69, 9.17) is 23.1 Å². The number of hydrogen-bond acceptors (Lipinski definition) is 8. The highest BCUT2D eigenvalue weighted by Crippen LogP contribution is 2.25. The summed E-state index contributed by atoms with van der Waals surface area (Å²) in [5.41, 5.74) is 9.71. The van der Waals surface area contributed by atoms with Crippen molar-refractivity contribution in [2.75, 3.05) is 30.2 Å². The predicted octanol–water partition coefficient (Wildman–Crippen LogP) is 3.15. The minimum absolute atomic E-state index is 0.268. The Morgan fingerprint density at radius 2 is 1.79 bits per heavy atom. The van der Waals surface area contributed by atoms with Crippen molar-refractivity contribution in [3.63, 3.8) is 0 Å². The molecule has 10 heteroatoms. The molecule has 0 saturated heterocycles. The number of nitrogens with one attached hydrogen (secondary N) is 3. The van der Waals surface area contributed by atoms with Gasteiger partial charge in [-0.3, -0.25) is 4.79 Å². The maximum atomic E-state index is 12.6. The largest absolute Gasteiger partial charge is 0.497 e. The molecule has 1 unspecified atom stereocenters. The molecule has 4 aromatic rings. The normalized spacial score (nSPS) is 11.3. The van der Waals surface area contributed by atoms with Crippen LogP contribution < -0.4 is 36.6 Å². The second-order valence-corrected chi connectivity index (χ2v) is 8.52. The van der Waals surface area contributed by atoms with E-state index in [9.17, 15) is 4.79 Å². The summed E-state index contributed by atoms with van der Waals surface area (Å²) in [5, 5.41) is 9.25. The summed E-state index contributed by atoms with van der Waals surface area (Å²) in [7, 11) is 9.31. The molecule has 3 aromatic carbocycles. The maximum Gasteiger partial charge on any atom is 0.241 e. The van der Waals surface area contributed by atoms with Gasteiger partial charge in [0.1, 0.15) is 25.2 Å². The zero-order valence-corrected chi connectivity index (χ0v) is 21.3. The lowest BCUT2D eigenvalue weighted by atomic mass is 9.99. The Morgan fingerprint density at radius 1 is 1.00 bits per heavy atom. The van der Waals surface area contributed by atoms with Crippen molar-refractivity contribution in [1.82, 2.24) is 9.97 Å². The summed E-state index contributed by atoms with van der Waals surface area (Å²) < 4.78 is 10.7. The Morgan fingerprint density at radius 3 is 2.55 bits per heavy atom. The molecule has 1 heterocycles. The molecule has 4 rings (SSSR count). The van der Waals surface area contributed by atoms with Crippen molar-refractivity contribution in [1.29, 1.82) is 0 Å². The summed E-state index contributed by atoms with van der Waals surface area (Å²) in [4.78, 5) is 21.4. The van der Waals surface area contributed by atoms with Crippen LogP contribution in [0.5, 0.6) is 11.5 Å². The molecule has 192 valence electrons. The van der Waals surface area contributed by atoms with Crippen LogP contribution >= 0.6 is 0 Å². The van der Waals surface area contributed by atoms with E-state index in [0.29, 0.717) is 53.1 Å². The van der Waals surface area contributed by atoms with Gasteiger partial charge in [0, 0.05) is 35.7 Å². The number of anilines is 4. The van der Waals surface area contributed by atoms with E-state index in [0.717, 1.165) is 11.1 Å². The molecule has 38 heavy (non-hydrogen) atoms. The van der Waals surface area contributed by atoms with Crippen LogP contribution in [0.2, 0.25) is 0 Å². The van der Waals surface area contributed by atoms with Crippen molar-refractivity contribution in [3.8, 4) is 11.5 Å². The SMILES string of the molecule is [B]c1cnc(Nc2cccc(NC(=O)C(N)Cc3ccccc3)c2)nc1NCc1ccc(OC)cc1OC. The molecule has 2 radical (unpaired) electrons. The number of ether oxygens (including phenoxy) is 2. The van der Waals surface area contributed by atoms with Gasteiger partial charge in [0.15, 0.2) is 0 Å². The van der Waals surface area contributed by atoms with Gasteiger partial charge in [-0.05, 0) is 47.8 Å². The Hall–Kier alpha value is -4.57. The molecule has 0 fully saturated rings. The average molecular weight is 508 g/mol. The Labute approximate surface area is 223 Å². The van der Waals surface area contributed by atoms with Crippen LogP contribution in [0, 0.1) is 0 Å². The molecule has 0 aliphatic heterocycles. The summed E-state index contributed by atoms with van der Waals surface area (Å²) in [6.45, 7) is 0.429. The zero-order chi connectivity index (χ0) is 26.9. The third-order valence-corrected chi connectivity index (χ3v) is 5.78. The van der Waals surface area contributed by atoms with Gasteiger partial charge in [-0.2, -0.15) is 4.98 Å². The minimum atomic E-state index is -0.674. The Balaban J connectivity index is 1.40. The first kappa shape index (κ1) is 26.5. The first-order chi connectivity index (χ1) is 18.4. The number of amides is 1. The second-order valence-electron chi connectivity index (χ2n) is 8.52. The predicted molar refractivity (Wildman–Crippen MR) is 151 cm³/mol. The number of rotatable bonds is 11. The summed E-state index contributed by atoms with van der Waals surface area (Å²) in [5.74, 6) is 1.93. The highest BCUT2D eigenvalue weighted by Gasteiger charge is 2.15. The van der Waals surface area contributed by atoms with Crippen molar-refractivity contribution >= 4 is 42.4 Å². The first-order valence-corrected chi connectivity index (χ1v) is 12.0. The third-order valence-electron chi connectivity index (χ3n) is 5.78. The van der Waals surface area contributed by atoms with E-state index in [-0.39, 0.29) is 5.91 Å². The van der Waals surface area contributed by atoms with Crippen molar-refractivity contribution < 1.29 is 14.3 Å². The zero-order valence-electron chi connectivity index (χ0n) is 21.3. The number of nitrogens with zero attached hydrogens (tertiary/aromatic N) is 2. The van der Waals surface area contributed by atoms with E-state index in [1.54, 1.807) is 26.4 Å². The van der Waals surface area contributed by atoms with Gasteiger partial charge in [-0.15, -0.1) is 0 Å². The Kier molecular flexibility index (Phi) is 8.79. The molecular formula is C28H29BN6O3. The van der Waals surface area contributed by atoms with Gasteiger partial charge in [-0.1, -0.05) is 36.4 Å². The second kappa shape index (κ2) is 12.6. The Bertz CT molecular complexity index is 1390. The number of methoxy groups -OCH3 is 2. The van der Waals surface area contributed by atoms with Crippen LogP contribution in [0.3, 0.4) is 0 Å². The van der Waals surface area contributed by atoms with Gasteiger partial charge in [0.2, 0.25) is 11.9 Å². The molecule has 0 spiro atoms. The number of carbonyl (C=O) groups is 1. The molecule has 1 amide bonds. The van der Waals surface area contributed by atoms with Gasteiger partial charge in [0.25, 0.3) is 0 Å². The number of benzene rings is 3. The fourth-order valence-corrected chi connectivity index (χ4v) is 3.77. The van der Waals surface area contributed by atoms with Crippen LogP contribution in [-0.4, -0.2) is 44.0 Å². The third kappa shape index (κ3) is 7.01. The van der Waals surface area contributed by atoms with Crippen LogP contribution in [0.1, 0.15) is 11.1 Å². The fraction of sp³-hybridized carbons (Fsp3) is 0.179. The van der Waals surface area contributed by atoms with E-state index >= 15 is 0 Å². The van der Waals surface area contributed by atoms with Crippen molar-refractivity contribution in [3.05, 3.63) is 90.1 Å². The lowest BCUT2D eigenvalue weighted by Gasteiger charge is -2.15. The van der Waals surface area contributed by atoms with E-state index in [1.807, 2.05) is 60.7 Å². The molecule has 9 nitrogen and oxygen atoms in total. The number of nitrogens with two attached hydrogens (primary N) is 1. The molecule has 1 aromatic heterocycles. The van der Waals surface area contributed by atoms with Gasteiger partial charge >= 0.3 is 0 Å². The standard InChI is InChI=1S/C28H29BN6O3/c1-37-22-12-11-19(25(15-22)38-2)16-31-26-23(29)17-32-28(35-26)34-21-10-6-9-20(14-21)33-27(36)24(30)13-18-7-4-3-5-8-18/h3-12,14-15,17,24H,13,16,30H2,1-2H3,(H,33,36)(H2,31,32,34,35). The monoisotopic (exact) mass is 508 g/mol. The smallest absolute Gasteiger partial charge is 0.241 e. The first-order valence-electron chi connectivity index (χ1n) is 12.0. The topological polar surface area (TPSA) is 123 Å². The maximum absolute atomic E-state index is 12.6. The highest BCUT2D eigenvalue weighted by atomic mass is 16.5. The molecule has 0 saturated carbocycles. The highest BCUT2D eigenvalue weighted by molar-refractivity contribution is 6.35. The molecule has 0 bridgehead atoms. The van der Waals surface area contributed by atoms with Crippen LogP contribution in [0.25, 0.3) is 0 Å². The van der Waals surface area contributed by atoms with Gasteiger partial charge < -0.3 is 31.2 Å². The van der Waals surface area contributed by atoms with Crippen LogP contribution in [0.15, 0.2) is 79.0 Å². The number of aromatic nitrogens is 2. The van der Waals surface area contributed by atoms with Crippen LogP contribution in [0.4, 0.5) is 23.1 Å². The lowest BCUT2D eigenvalue weighted by Crippen LogP contribution is -2.37. The quantitative estimate of drug-likeness (QED) is 0.228. The molecule has 0 aliphatic carbocycles. The van der Waals surface area contributed by atoms with Gasteiger partial charge in [-0.25, -0.2) is 4.98 Å². The summed E-state index contributed by atoms with van der Waals surface area (Å²) >= 11 is 0. The lowest BCUT2D eigenvalue weighted by molar-refractivity contribution is -0.117. The van der Waals surface area contributed by atoms with E-state index in [2.05, 4.69) is 25.9 Å². The van der Waals surface area contributed by atoms with Crippen molar-refractivity contribution in [2.24, 2.45) is 5.73 Å². The molecule has 1 atom stereocenters. The fourth-order valence-electron chi connectivity index (χ4n) is 3.77. The number of hydrogen-bond donors (Lipinski definition) is 4. The van der Waals surface area contributed by atoms with E-state index < -0.39 is 6.04 Å². The molecule has 0 aliphatic rings. The average Bonchev–Trinajstić information content (AvgIpc) is 2.94. The number of carbonyl (C=O) groups excluding carboxylic acids is 1. The molecular weight excluding hydrogens is 479 g/mol. The van der Waals surface area contributed by atoms with Crippen molar-refractivity contribution in [2.45, 2.75) is 19.0 Å². The van der Waals surface area contributed by atoms with Gasteiger partial charge in [0.05, 0.1) is 20.3 Å².